The van der Waals surface area contributed by atoms with Gasteiger partial charge in [0.15, 0.2) is 11.5 Å². The Morgan fingerprint density at radius 3 is 1.49 bits per heavy atom. The van der Waals surface area contributed by atoms with Gasteiger partial charge in [-0.25, -0.2) is 0 Å². The largest absolute Gasteiger partial charge is 0.289 e. The van der Waals surface area contributed by atoms with Crippen LogP contribution in [-0.4, -0.2) is 10.8 Å². The molecule has 3 rings (SSSR count). The van der Waals surface area contributed by atoms with E-state index in [1.807, 2.05) is 12.3 Å². The maximum atomic E-state index is 13.7. The Labute approximate surface area is 224 Å². The Balaban J connectivity index is 2.56. The third kappa shape index (κ3) is 5.98. The fraction of sp³-hybridized carbons (Fsp3) is 0.471. The summed E-state index contributed by atoms with van der Waals surface area (Å²) in [5.74, 6) is 0.213. The van der Waals surface area contributed by atoms with Gasteiger partial charge < -0.3 is 0 Å². The van der Waals surface area contributed by atoms with E-state index in [9.17, 15) is 9.90 Å². The van der Waals surface area contributed by atoms with E-state index in [1.165, 1.54) is 0 Å². The minimum Gasteiger partial charge on any atom is -0.289 e. The van der Waals surface area contributed by atoms with Crippen LogP contribution in [0.5, 0.6) is 5.75 Å². The number of aromatic nitrogens is 1. The van der Waals surface area contributed by atoms with E-state index in [0.29, 0.717) is 0 Å². The molecule has 37 heavy (non-hydrogen) atoms. The molecular weight excluding hydrogens is 454 g/mol. The van der Waals surface area contributed by atoms with Crippen molar-refractivity contribution in [2.24, 2.45) is 10.8 Å². The van der Waals surface area contributed by atoms with Crippen LogP contribution in [0, 0.1) is 10.8 Å². The molecule has 3 heteroatoms. The summed E-state index contributed by atoms with van der Waals surface area (Å²) in [5.41, 5.74) is 5.79. The summed E-state index contributed by atoms with van der Waals surface area (Å²) in [6, 6.07) is 8.10. The molecule has 1 aliphatic carbocycles. The van der Waals surface area contributed by atoms with E-state index in [2.05, 4.69) is 118 Å². The van der Waals surface area contributed by atoms with Crippen molar-refractivity contribution in [1.82, 2.24) is 4.98 Å². The first kappa shape index (κ1) is 28.6. The quantitative estimate of drug-likeness (QED) is 0.414. The number of hydrogen-bond acceptors (Lipinski definition) is 2. The average molecular weight is 499 g/mol. The van der Waals surface area contributed by atoms with Crippen molar-refractivity contribution in [3.63, 3.8) is 0 Å². The van der Waals surface area contributed by atoms with Crippen molar-refractivity contribution in [3.8, 4) is 5.75 Å². The molecular formula is C34H44NO2. The number of benzene rings is 1. The molecule has 0 unspecified atom stereocenters. The number of nitrogens with zero attached hydrogens (tertiary/aromatic N) is 1. The lowest BCUT2D eigenvalue weighted by Gasteiger charge is -2.32. The van der Waals surface area contributed by atoms with Crippen molar-refractivity contribution in [1.29, 1.82) is 0 Å². The number of Topliss-reactive ketones (excluding diaryl/α,β-unsaturated/α-hetero) is 1. The normalized spacial score (nSPS) is 15.5. The molecule has 3 nitrogen and oxygen atoms in total. The van der Waals surface area contributed by atoms with Crippen LogP contribution in [0.25, 0.3) is 5.57 Å². The summed E-state index contributed by atoms with van der Waals surface area (Å²) in [6.07, 6.45) is 7.74. The predicted octanol–water partition coefficient (Wildman–Crippen LogP) is 9.15. The molecule has 1 radical (unpaired) electrons. The number of pyridine rings is 1. The molecule has 0 atom stereocenters. The van der Waals surface area contributed by atoms with E-state index in [1.54, 1.807) is 6.20 Å². The zero-order valence-electron chi connectivity index (χ0n) is 24.9. The van der Waals surface area contributed by atoms with E-state index in [-0.39, 0.29) is 33.2 Å². The summed E-state index contributed by atoms with van der Waals surface area (Å²) < 4.78 is 0. The van der Waals surface area contributed by atoms with Gasteiger partial charge in [0.25, 0.3) is 0 Å². The molecule has 0 saturated heterocycles. The van der Waals surface area contributed by atoms with E-state index >= 15 is 0 Å². The van der Waals surface area contributed by atoms with Gasteiger partial charge in [0.1, 0.15) is 0 Å². The van der Waals surface area contributed by atoms with Gasteiger partial charge in [0.2, 0.25) is 0 Å². The molecule has 1 heterocycles. The predicted molar refractivity (Wildman–Crippen MR) is 154 cm³/mol. The van der Waals surface area contributed by atoms with Gasteiger partial charge in [-0.05, 0) is 68.7 Å². The zero-order chi connectivity index (χ0) is 28.1. The van der Waals surface area contributed by atoms with Gasteiger partial charge in [0.05, 0.1) is 0 Å². The van der Waals surface area contributed by atoms with Gasteiger partial charge in [-0.15, -0.1) is 0 Å². The SMILES string of the molecule is CC(C)(C)C1=CC(=C(c2cccnc2)c2cc(C(C)(C)C)c([O])c(C(C)(C)C)c2)C=C(C(C)(C)C)C1=O. The Bertz CT molecular complexity index is 1220. The van der Waals surface area contributed by atoms with E-state index in [4.69, 9.17) is 0 Å². The highest BCUT2D eigenvalue weighted by atomic mass is 16.3. The van der Waals surface area contributed by atoms with E-state index < -0.39 is 0 Å². The molecule has 0 N–H and O–H groups in total. The smallest absolute Gasteiger partial charge is 0.186 e. The third-order valence-electron chi connectivity index (χ3n) is 6.94. The summed E-state index contributed by atoms with van der Waals surface area (Å²) in [4.78, 5) is 18.1. The molecule has 0 saturated carbocycles. The number of hydrogen-bond donors (Lipinski definition) is 0. The Hall–Kier alpha value is -2.94. The van der Waals surface area contributed by atoms with Crippen LogP contribution in [0.4, 0.5) is 0 Å². The summed E-state index contributed by atoms with van der Waals surface area (Å²) >= 11 is 0. The zero-order valence-corrected chi connectivity index (χ0v) is 24.9. The Kier molecular flexibility index (Phi) is 7.29. The molecule has 0 amide bonds. The molecule has 1 aromatic heterocycles. The summed E-state index contributed by atoms with van der Waals surface area (Å²) in [7, 11) is 0. The van der Waals surface area contributed by atoms with Gasteiger partial charge in [0, 0.05) is 40.2 Å². The van der Waals surface area contributed by atoms with E-state index in [0.717, 1.165) is 44.5 Å². The number of carbonyl (C=O) groups excluding carboxylic acids is 1. The topological polar surface area (TPSA) is 49.9 Å². The first-order valence-corrected chi connectivity index (χ1v) is 13.2. The second-order valence-electron chi connectivity index (χ2n) is 14.4. The van der Waals surface area contributed by atoms with Crippen LogP contribution < -0.4 is 0 Å². The number of allylic oxidation sites excluding steroid dienone is 5. The first-order valence-electron chi connectivity index (χ1n) is 13.2. The number of rotatable bonds is 2. The molecule has 0 fully saturated rings. The van der Waals surface area contributed by atoms with Crippen LogP contribution in [0.3, 0.4) is 0 Å². The monoisotopic (exact) mass is 498 g/mol. The average Bonchev–Trinajstić information content (AvgIpc) is 2.73. The number of carbonyl (C=O) groups is 1. The molecule has 2 aromatic rings. The fourth-order valence-corrected chi connectivity index (χ4v) is 4.79. The second kappa shape index (κ2) is 9.42. The maximum Gasteiger partial charge on any atom is 0.186 e. The van der Waals surface area contributed by atoms with Crippen molar-refractivity contribution in [2.45, 2.75) is 93.9 Å². The third-order valence-corrected chi connectivity index (χ3v) is 6.94. The second-order valence-corrected chi connectivity index (χ2v) is 14.4. The molecule has 0 aliphatic heterocycles. The maximum absolute atomic E-state index is 13.7. The lowest BCUT2D eigenvalue weighted by atomic mass is 9.70. The number of ketones is 1. The van der Waals surface area contributed by atoms with Crippen LogP contribution in [0.2, 0.25) is 0 Å². The van der Waals surface area contributed by atoms with Crippen LogP contribution in [0.1, 0.15) is 105 Å². The van der Waals surface area contributed by atoms with Crippen molar-refractivity contribution in [3.05, 3.63) is 87.8 Å². The highest BCUT2D eigenvalue weighted by Gasteiger charge is 2.35. The van der Waals surface area contributed by atoms with Crippen molar-refractivity contribution in [2.75, 3.05) is 0 Å². The van der Waals surface area contributed by atoms with Crippen LogP contribution >= 0.6 is 0 Å². The lowest BCUT2D eigenvalue weighted by Crippen LogP contribution is -2.28. The van der Waals surface area contributed by atoms with Crippen molar-refractivity contribution < 1.29 is 9.90 Å². The van der Waals surface area contributed by atoms with Gasteiger partial charge in [-0.3, -0.25) is 14.9 Å². The molecule has 1 aromatic carbocycles. The molecule has 0 spiro atoms. The van der Waals surface area contributed by atoms with Crippen molar-refractivity contribution >= 4 is 11.4 Å². The lowest BCUT2D eigenvalue weighted by molar-refractivity contribution is -0.114. The minimum absolute atomic E-state index is 0.106. The van der Waals surface area contributed by atoms with Gasteiger partial charge in [-0.2, -0.15) is 0 Å². The highest BCUT2D eigenvalue weighted by molar-refractivity contribution is 6.12. The Morgan fingerprint density at radius 1 is 0.676 bits per heavy atom. The summed E-state index contributed by atoms with van der Waals surface area (Å²) in [5, 5.41) is 13.7. The van der Waals surface area contributed by atoms with Crippen LogP contribution in [0.15, 0.2) is 65.5 Å². The Morgan fingerprint density at radius 2 is 1.14 bits per heavy atom. The molecule has 197 valence electrons. The standard InChI is InChI=1S/C34H44NO2/c1-31(2,3)24-16-22(17-25(29(24)36)32(4,5)6)28(21-14-13-15-35-20-21)23-18-26(33(7,8)9)30(37)27(19-23)34(10,11)12/h13-20H,1-12H3. The first-order chi connectivity index (χ1) is 16.7. The minimum atomic E-state index is -0.320. The molecule has 0 bridgehead atoms. The summed E-state index contributed by atoms with van der Waals surface area (Å²) in [6.45, 7) is 25.1. The fourth-order valence-electron chi connectivity index (χ4n) is 4.79. The van der Waals surface area contributed by atoms with Gasteiger partial charge in [-0.1, -0.05) is 89.2 Å². The van der Waals surface area contributed by atoms with Gasteiger partial charge >= 0.3 is 0 Å². The highest BCUT2D eigenvalue weighted by Crippen LogP contribution is 2.45. The van der Waals surface area contributed by atoms with Crippen LogP contribution in [-0.2, 0) is 20.7 Å². The molecule has 1 aliphatic rings.